The Hall–Kier alpha value is -2.33. The quantitative estimate of drug-likeness (QED) is 0.359. The molecule has 0 bridgehead atoms. The summed E-state index contributed by atoms with van der Waals surface area (Å²) in [5, 5.41) is 10.2. The van der Waals surface area contributed by atoms with Crippen LogP contribution in [0.3, 0.4) is 0 Å². The highest BCUT2D eigenvalue weighted by molar-refractivity contribution is 7.99. The molecule has 0 aliphatic heterocycles. The van der Waals surface area contributed by atoms with Gasteiger partial charge in [-0.2, -0.15) is 0 Å². The van der Waals surface area contributed by atoms with Crippen molar-refractivity contribution in [2.45, 2.75) is 12.1 Å². The van der Waals surface area contributed by atoms with Crippen LogP contribution in [-0.2, 0) is 4.79 Å². The SMILES string of the molecule is Cc1ccc(NC(=O)CSc2nnc(NN)n2N)c(F)c1. The number of thioether (sulfide) groups is 1. The Labute approximate surface area is 124 Å². The van der Waals surface area contributed by atoms with Crippen LogP contribution in [0.5, 0.6) is 0 Å². The molecule has 0 aliphatic rings. The molecule has 0 atom stereocenters. The number of nitrogen functional groups attached to an aromatic ring is 2. The van der Waals surface area contributed by atoms with Crippen LogP contribution >= 0.6 is 11.8 Å². The van der Waals surface area contributed by atoms with Crippen molar-refractivity contribution >= 4 is 29.3 Å². The van der Waals surface area contributed by atoms with Crippen molar-refractivity contribution < 1.29 is 9.18 Å². The highest BCUT2D eigenvalue weighted by Crippen LogP contribution is 2.18. The van der Waals surface area contributed by atoms with E-state index in [1.807, 2.05) is 0 Å². The van der Waals surface area contributed by atoms with Gasteiger partial charge in [-0.25, -0.2) is 14.9 Å². The first-order valence-electron chi connectivity index (χ1n) is 5.87. The van der Waals surface area contributed by atoms with Crippen LogP contribution in [0.4, 0.5) is 16.0 Å². The predicted octanol–water partition coefficient (Wildman–Crippen LogP) is 0.456. The summed E-state index contributed by atoms with van der Waals surface area (Å²) in [6.07, 6.45) is 0. The Balaban J connectivity index is 1.94. The second-order valence-corrected chi connectivity index (χ2v) is 5.08. The molecule has 6 N–H and O–H groups in total. The summed E-state index contributed by atoms with van der Waals surface area (Å²) in [5.41, 5.74) is 3.16. The van der Waals surface area contributed by atoms with E-state index < -0.39 is 5.82 Å². The number of benzene rings is 1. The average molecular weight is 311 g/mol. The maximum atomic E-state index is 13.6. The maximum Gasteiger partial charge on any atom is 0.258 e. The number of halogens is 1. The Morgan fingerprint density at radius 3 is 2.86 bits per heavy atom. The topological polar surface area (TPSA) is 124 Å². The number of anilines is 2. The zero-order valence-electron chi connectivity index (χ0n) is 11.1. The molecular weight excluding hydrogens is 297 g/mol. The van der Waals surface area contributed by atoms with Crippen LogP contribution in [0.1, 0.15) is 5.56 Å². The summed E-state index contributed by atoms with van der Waals surface area (Å²) in [5.74, 6) is 10.1. The molecule has 1 aromatic carbocycles. The number of aromatic nitrogens is 3. The van der Waals surface area contributed by atoms with E-state index in [9.17, 15) is 9.18 Å². The van der Waals surface area contributed by atoms with Gasteiger partial charge >= 0.3 is 0 Å². The first-order valence-corrected chi connectivity index (χ1v) is 6.85. The van der Waals surface area contributed by atoms with E-state index in [4.69, 9.17) is 11.7 Å². The average Bonchev–Trinajstić information content (AvgIpc) is 2.80. The Morgan fingerprint density at radius 2 is 2.24 bits per heavy atom. The van der Waals surface area contributed by atoms with E-state index in [1.165, 1.54) is 12.1 Å². The third-order valence-corrected chi connectivity index (χ3v) is 3.47. The van der Waals surface area contributed by atoms with Crippen molar-refractivity contribution in [2.24, 2.45) is 5.84 Å². The van der Waals surface area contributed by atoms with Gasteiger partial charge in [0.15, 0.2) is 0 Å². The lowest BCUT2D eigenvalue weighted by Gasteiger charge is -2.07. The Morgan fingerprint density at radius 1 is 1.48 bits per heavy atom. The number of nitrogens with one attached hydrogen (secondary N) is 2. The normalized spacial score (nSPS) is 10.4. The lowest BCUT2D eigenvalue weighted by Crippen LogP contribution is -2.19. The molecule has 2 rings (SSSR count). The Kier molecular flexibility index (Phi) is 4.60. The third kappa shape index (κ3) is 3.61. The number of nitrogens with two attached hydrogens (primary N) is 2. The van der Waals surface area contributed by atoms with Crippen molar-refractivity contribution in [3.05, 3.63) is 29.6 Å². The second kappa shape index (κ2) is 6.41. The minimum absolute atomic E-state index is 0.00716. The van der Waals surface area contributed by atoms with Crippen molar-refractivity contribution in [3.63, 3.8) is 0 Å². The molecule has 0 unspecified atom stereocenters. The van der Waals surface area contributed by atoms with E-state index >= 15 is 0 Å². The van der Waals surface area contributed by atoms with Gasteiger partial charge in [-0.3, -0.25) is 10.2 Å². The molecule has 1 aromatic heterocycles. The fourth-order valence-corrected chi connectivity index (χ4v) is 2.17. The van der Waals surface area contributed by atoms with Gasteiger partial charge in [0.1, 0.15) is 5.82 Å². The highest BCUT2D eigenvalue weighted by Gasteiger charge is 2.12. The lowest BCUT2D eigenvalue weighted by molar-refractivity contribution is -0.113. The van der Waals surface area contributed by atoms with E-state index in [0.717, 1.165) is 22.0 Å². The van der Waals surface area contributed by atoms with E-state index in [-0.39, 0.29) is 23.3 Å². The molecule has 1 amide bonds. The molecule has 112 valence electrons. The van der Waals surface area contributed by atoms with Gasteiger partial charge in [-0.15, -0.1) is 10.2 Å². The summed E-state index contributed by atoms with van der Waals surface area (Å²) < 4.78 is 14.7. The molecule has 21 heavy (non-hydrogen) atoms. The largest absolute Gasteiger partial charge is 0.334 e. The number of rotatable bonds is 5. The van der Waals surface area contributed by atoms with Gasteiger partial charge < -0.3 is 11.2 Å². The van der Waals surface area contributed by atoms with Crippen LogP contribution in [0.25, 0.3) is 0 Å². The molecule has 0 aliphatic carbocycles. The van der Waals surface area contributed by atoms with Crippen LogP contribution < -0.4 is 22.4 Å². The summed E-state index contributed by atoms with van der Waals surface area (Å²) in [7, 11) is 0. The number of aryl methyl sites for hydroxylation is 1. The molecule has 8 nitrogen and oxygen atoms in total. The van der Waals surface area contributed by atoms with Gasteiger partial charge in [0.05, 0.1) is 11.4 Å². The van der Waals surface area contributed by atoms with Gasteiger partial charge in [0.25, 0.3) is 5.95 Å². The number of hydrazine groups is 1. The van der Waals surface area contributed by atoms with Gasteiger partial charge in [-0.1, -0.05) is 17.8 Å². The van der Waals surface area contributed by atoms with E-state index in [0.29, 0.717) is 5.16 Å². The molecule has 0 spiro atoms. The number of carbonyl (C=O) groups excluding carboxylic acids is 1. The number of amides is 1. The van der Waals surface area contributed by atoms with Crippen molar-refractivity contribution in [1.82, 2.24) is 14.9 Å². The summed E-state index contributed by atoms with van der Waals surface area (Å²) >= 11 is 1.05. The van der Waals surface area contributed by atoms with Gasteiger partial charge in [0.2, 0.25) is 11.1 Å². The summed E-state index contributed by atoms with van der Waals surface area (Å²) in [4.78, 5) is 11.8. The number of carbonyl (C=O) groups is 1. The first-order chi connectivity index (χ1) is 10.0. The Bertz CT molecular complexity index is 660. The van der Waals surface area contributed by atoms with Gasteiger partial charge in [0, 0.05) is 0 Å². The third-order valence-electron chi connectivity index (χ3n) is 2.52. The highest BCUT2D eigenvalue weighted by atomic mass is 32.2. The predicted molar refractivity (Wildman–Crippen MR) is 78.5 cm³/mol. The van der Waals surface area contributed by atoms with E-state index in [1.54, 1.807) is 13.0 Å². The summed E-state index contributed by atoms with van der Waals surface area (Å²) in [6, 6.07) is 4.56. The fourth-order valence-electron chi connectivity index (χ4n) is 1.51. The van der Waals surface area contributed by atoms with Crippen LogP contribution in [0, 0.1) is 12.7 Å². The minimum Gasteiger partial charge on any atom is -0.334 e. The molecule has 10 heteroatoms. The van der Waals surface area contributed by atoms with Crippen molar-refractivity contribution in [3.8, 4) is 0 Å². The molecule has 0 radical (unpaired) electrons. The van der Waals surface area contributed by atoms with E-state index in [2.05, 4.69) is 20.9 Å². The fraction of sp³-hybridized carbons (Fsp3) is 0.182. The molecule has 0 fully saturated rings. The maximum absolute atomic E-state index is 13.6. The van der Waals surface area contributed by atoms with Crippen molar-refractivity contribution in [1.29, 1.82) is 0 Å². The monoisotopic (exact) mass is 311 g/mol. The number of hydrogen-bond donors (Lipinski definition) is 4. The van der Waals surface area contributed by atoms with Crippen LogP contribution in [0.15, 0.2) is 23.4 Å². The standard InChI is InChI=1S/C11H14FN7OS/c1-6-2-3-8(7(12)4-6)15-9(20)5-21-11-18-17-10(16-13)19(11)14/h2-4H,5,13-14H2,1H3,(H,15,20)(H,16,17). The molecule has 0 saturated carbocycles. The van der Waals surface area contributed by atoms with Crippen LogP contribution in [0.2, 0.25) is 0 Å². The molecule has 1 heterocycles. The number of nitrogens with zero attached hydrogens (tertiary/aromatic N) is 3. The minimum atomic E-state index is -0.482. The first kappa shape index (κ1) is 15.1. The number of hydrogen-bond acceptors (Lipinski definition) is 7. The lowest BCUT2D eigenvalue weighted by atomic mass is 10.2. The van der Waals surface area contributed by atoms with Crippen molar-refractivity contribution in [2.75, 3.05) is 22.3 Å². The zero-order valence-corrected chi connectivity index (χ0v) is 11.9. The smallest absolute Gasteiger partial charge is 0.258 e. The molecule has 2 aromatic rings. The van der Waals surface area contributed by atoms with Gasteiger partial charge in [-0.05, 0) is 24.6 Å². The summed E-state index contributed by atoms with van der Waals surface area (Å²) in [6.45, 7) is 1.77. The molecular formula is C11H14FN7OS. The van der Waals surface area contributed by atoms with Crippen LogP contribution in [-0.4, -0.2) is 26.5 Å². The zero-order chi connectivity index (χ0) is 15.4. The second-order valence-electron chi connectivity index (χ2n) is 4.14. The molecule has 0 saturated heterocycles.